The van der Waals surface area contributed by atoms with Gasteiger partial charge in [-0.15, -0.1) is 5.10 Å². The van der Waals surface area contributed by atoms with Gasteiger partial charge in [-0.25, -0.2) is 0 Å². The van der Waals surface area contributed by atoms with E-state index >= 15 is 0 Å². The summed E-state index contributed by atoms with van der Waals surface area (Å²) in [5.41, 5.74) is 3.29. The molecule has 2 aromatic rings. The predicted molar refractivity (Wildman–Crippen MR) is 111 cm³/mol. The quantitative estimate of drug-likeness (QED) is 0.689. The maximum atomic E-state index is 13.1. The molecule has 0 spiro atoms. The Balaban J connectivity index is 1.44. The summed E-state index contributed by atoms with van der Waals surface area (Å²) in [6.45, 7) is 6.45. The van der Waals surface area contributed by atoms with Gasteiger partial charge >= 0.3 is 0 Å². The molecule has 0 radical (unpaired) electrons. The molecule has 0 aliphatic heterocycles. The molecule has 2 aliphatic carbocycles. The molecule has 1 aromatic carbocycles. The van der Waals surface area contributed by atoms with Crippen molar-refractivity contribution in [2.45, 2.75) is 76.5 Å². The zero-order chi connectivity index (χ0) is 19.7. The number of benzene rings is 1. The maximum Gasteiger partial charge on any atom is 0.233 e. The summed E-state index contributed by atoms with van der Waals surface area (Å²) in [6.07, 6.45) is 7.08. The Kier molecular flexibility index (Phi) is 5.71. The van der Waals surface area contributed by atoms with E-state index in [0.29, 0.717) is 23.0 Å². The Morgan fingerprint density at radius 3 is 2.46 bits per heavy atom. The minimum absolute atomic E-state index is 0.238. The average molecular weight is 400 g/mol. The van der Waals surface area contributed by atoms with Crippen LogP contribution in [0.15, 0.2) is 23.4 Å². The highest BCUT2D eigenvalue weighted by atomic mass is 32.2. The molecule has 0 saturated heterocycles. The van der Waals surface area contributed by atoms with E-state index in [1.807, 2.05) is 6.07 Å². The van der Waals surface area contributed by atoms with E-state index in [0.717, 1.165) is 42.9 Å². The van der Waals surface area contributed by atoms with Gasteiger partial charge in [-0.2, -0.15) is 4.68 Å². The Morgan fingerprint density at radius 2 is 1.82 bits per heavy atom. The number of hydrogen-bond donors (Lipinski definition) is 0. The molecule has 2 fully saturated rings. The third-order valence-corrected chi connectivity index (χ3v) is 6.86. The Morgan fingerprint density at radius 1 is 1.14 bits per heavy atom. The highest BCUT2D eigenvalue weighted by Crippen LogP contribution is 2.36. The summed E-state index contributed by atoms with van der Waals surface area (Å²) >= 11 is 1.44. The summed E-state index contributed by atoms with van der Waals surface area (Å²) in [5, 5.41) is 12.8. The zero-order valence-corrected chi connectivity index (χ0v) is 17.8. The van der Waals surface area contributed by atoms with Gasteiger partial charge in [0.1, 0.15) is 0 Å². The van der Waals surface area contributed by atoms with Gasteiger partial charge in [0, 0.05) is 12.1 Å². The zero-order valence-electron chi connectivity index (χ0n) is 17.0. The number of aromatic nitrogens is 4. The van der Waals surface area contributed by atoms with Crippen LogP contribution in [-0.4, -0.2) is 48.9 Å². The van der Waals surface area contributed by atoms with Crippen LogP contribution in [0.5, 0.6) is 0 Å². The van der Waals surface area contributed by atoms with E-state index in [2.05, 4.69) is 53.3 Å². The molecule has 4 rings (SSSR count). The standard InChI is InChI=1S/C21H29N5OS/c1-14-4-7-17(8-5-14)25(18-9-10-18)20(27)13-28-21-22-23-24-26(21)19-11-6-15(2)12-16(19)3/h6,11-12,14,17-18H,4-5,7-10,13H2,1-3H3. The lowest BCUT2D eigenvalue weighted by Crippen LogP contribution is -2.44. The summed E-state index contributed by atoms with van der Waals surface area (Å²) in [4.78, 5) is 15.3. The maximum absolute atomic E-state index is 13.1. The van der Waals surface area contributed by atoms with Crippen LogP contribution >= 0.6 is 11.8 Å². The van der Waals surface area contributed by atoms with Gasteiger partial charge in [0.15, 0.2) is 0 Å². The van der Waals surface area contributed by atoms with Crippen molar-refractivity contribution < 1.29 is 4.79 Å². The van der Waals surface area contributed by atoms with Gasteiger partial charge in [-0.05, 0) is 80.3 Å². The number of hydrogen-bond acceptors (Lipinski definition) is 5. The van der Waals surface area contributed by atoms with Crippen LogP contribution < -0.4 is 0 Å². The van der Waals surface area contributed by atoms with Gasteiger partial charge in [-0.3, -0.25) is 4.79 Å². The lowest BCUT2D eigenvalue weighted by atomic mass is 9.86. The molecule has 2 aliphatic rings. The number of amides is 1. The van der Waals surface area contributed by atoms with Gasteiger partial charge in [-0.1, -0.05) is 36.4 Å². The number of nitrogens with zero attached hydrogens (tertiary/aromatic N) is 5. The van der Waals surface area contributed by atoms with Crippen molar-refractivity contribution in [3.8, 4) is 5.69 Å². The van der Waals surface area contributed by atoms with Crippen LogP contribution in [0.3, 0.4) is 0 Å². The summed E-state index contributed by atoms with van der Waals surface area (Å²) in [7, 11) is 0. The summed E-state index contributed by atoms with van der Waals surface area (Å²) < 4.78 is 1.75. The molecule has 1 heterocycles. The van der Waals surface area contributed by atoms with Crippen LogP contribution in [0.4, 0.5) is 0 Å². The summed E-state index contributed by atoms with van der Waals surface area (Å²) in [6, 6.07) is 7.10. The van der Waals surface area contributed by atoms with Crippen LogP contribution in [0.25, 0.3) is 5.69 Å². The Hall–Kier alpha value is -1.89. The van der Waals surface area contributed by atoms with E-state index in [-0.39, 0.29) is 5.91 Å². The lowest BCUT2D eigenvalue weighted by molar-refractivity contribution is -0.132. The van der Waals surface area contributed by atoms with Crippen LogP contribution in [0.1, 0.15) is 56.6 Å². The molecule has 150 valence electrons. The number of carbonyl (C=O) groups is 1. The second kappa shape index (κ2) is 8.23. The molecule has 0 atom stereocenters. The van der Waals surface area contributed by atoms with E-state index in [9.17, 15) is 4.79 Å². The normalized spacial score (nSPS) is 22.2. The fourth-order valence-electron chi connectivity index (χ4n) is 4.24. The van der Waals surface area contributed by atoms with Crippen molar-refractivity contribution in [3.05, 3.63) is 29.3 Å². The molecule has 0 N–H and O–H groups in total. The number of thioether (sulfide) groups is 1. The molecule has 28 heavy (non-hydrogen) atoms. The topological polar surface area (TPSA) is 63.9 Å². The molecule has 7 heteroatoms. The van der Waals surface area contributed by atoms with Gasteiger partial charge in [0.25, 0.3) is 0 Å². The van der Waals surface area contributed by atoms with Crippen molar-refractivity contribution >= 4 is 17.7 Å². The monoisotopic (exact) mass is 399 g/mol. The van der Waals surface area contributed by atoms with Gasteiger partial charge in [0.2, 0.25) is 11.1 Å². The lowest BCUT2D eigenvalue weighted by Gasteiger charge is -2.36. The van der Waals surface area contributed by atoms with Crippen molar-refractivity contribution in [1.82, 2.24) is 25.1 Å². The molecule has 1 amide bonds. The fourth-order valence-corrected chi connectivity index (χ4v) is 5.00. The smallest absolute Gasteiger partial charge is 0.233 e. The van der Waals surface area contributed by atoms with Crippen molar-refractivity contribution in [2.24, 2.45) is 5.92 Å². The highest BCUT2D eigenvalue weighted by Gasteiger charge is 2.38. The Labute approximate surface area is 171 Å². The van der Waals surface area contributed by atoms with E-state index in [1.165, 1.54) is 30.2 Å². The van der Waals surface area contributed by atoms with Crippen LogP contribution in [0, 0.1) is 19.8 Å². The minimum Gasteiger partial charge on any atom is -0.336 e. The van der Waals surface area contributed by atoms with Crippen LogP contribution in [-0.2, 0) is 4.79 Å². The van der Waals surface area contributed by atoms with Crippen LogP contribution in [0.2, 0.25) is 0 Å². The Bertz CT molecular complexity index is 839. The molecule has 0 bridgehead atoms. The number of aryl methyl sites for hydroxylation is 2. The third-order valence-electron chi connectivity index (χ3n) is 5.95. The molecule has 2 saturated carbocycles. The van der Waals surface area contributed by atoms with E-state index < -0.39 is 0 Å². The van der Waals surface area contributed by atoms with Crippen molar-refractivity contribution in [1.29, 1.82) is 0 Å². The first-order valence-corrected chi connectivity index (χ1v) is 11.3. The first-order chi connectivity index (χ1) is 13.5. The predicted octanol–water partition coefficient (Wildman–Crippen LogP) is 3.94. The van der Waals surface area contributed by atoms with E-state index in [1.54, 1.807) is 4.68 Å². The van der Waals surface area contributed by atoms with Crippen molar-refractivity contribution in [2.75, 3.05) is 5.75 Å². The first-order valence-electron chi connectivity index (χ1n) is 10.3. The van der Waals surface area contributed by atoms with Gasteiger partial charge < -0.3 is 4.90 Å². The number of tetrazole rings is 1. The molecule has 6 nitrogen and oxygen atoms in total. The molecule has 1 aromatic heterocycles. The first kappa shape index (κ1) is 19.4. The second-order valence-electron chi connectivity index (χ2n) is 8.40. The fraction of sp³-hybridized carbons (Fsp3) is 0.619. The second-order valence-corrected chi connectivity index (χ2v) is 9.34. The summed E-state index contributed by atoms with van der Waals surface area (Å²) in [5.74, 6) is 1.43. The molecular formula is C21H29N5OS. The highest BCUT2D eigenvalue weighted by molar-refractivity contribution is 7.99. The van der Waals surface area contributed by atoms with Crippen molar-refractivity contribution in [3.63, 3.8) is 0 Å². The minimum atomic E-state index is 0.238. The molecular weight excluding hydrogens is 370 g/mol. The average Bonchev–Trinajstić information content (AvgIpc) is 3.39. The number of rotatable bonds is 6. The third kappa shape index (κ3) is 4.24. The number of carbonyl (C=O) groups excluding carboxylic acids is 1. The van der Waals surface area contributed by atoms with Gasteiger partial charge in [0.05, 0.1) is 11.4 Å². The van der Waals surface area contributed by atoms with E-state index in [4.69, 9.17) is 0 Å². The largest absolute Gasteiger partial charge is 0.336 e. The SMILES string of the molecule is Cc1ccc(-n2nnnc2SCC(=O)N(C2CCC(C)CC2)C2CC2)c(C)c1. The molecule has 0 unspecified atom stereocenters.